The Morgan fingerprint density at radius 3 is 2.95 bits per heavy atom. The van der Waals surface area contributed by atoms with Crippen molar-refractivity contribution in [3.63, 3.8) is 0 Å². The van der Waals surface area contributed by atoms with E-state index >= 15 is 0 Å². The molecule has 1 aromatic carbocycles. The van der Waals surface area contributed by atoms with E-state index in [-0.39, 0.29) is 11.1 Å². The van der Waals surface area contributed by atoms with Crippen LogP contribution >= 0.6 is 22.7 Å². The molecule has 0 amide bonds. The van der Waals surface area contributed by atoms with E-state index in [0.717, 1.165) is 25.3 Å². The number of fused-ring (bicyclic) bond motifs is 3. The highest BCUT2D eigenvalue weighted by atomic mass is 32.1. The summed E-state index contributed by atoms with van der Waals surface area (Å²) in [5.74, 6) is 0. The number of hydrogen-bond acceptors (Lipinski definition) is 3. The molecule has 0 saturated heterocycles. The number of aryl methyl sites for hydroxylation is 3. The van der Waals surface area contributed by atoms with Gasteiger partial charge in [0.25, 0.3) is 6.33 Å². The lowest BCUT2D eigenvalue weighted by atomic mass is 9.97. The van der Waals surface area contributed by atoms with Gasteiger partial charge in [0.15, 0.2) is 5.69 Å². The molecule has 4 aromatic rings. The summed E-state index contributed by atoms with van der Waals surface area (Å²) in [6.07, 6.45) is 1.69. The SMILES string of the molecule is [2H]C([2H])([2H])c1cc(-c2c3sc4ccsc4c3nc[n+]2C)c(C)c(C([2H])([2H])[2H])c1. The van der Waals surface area contributed by atoms with Crippen LogP contribution < -0.4 is 4.57 Å². The molecule has 3 heterocycles. The van der Waals surface area contributed by atoms with Crippen molar-refractivity contribution in [3.05, 3.63) is 46.6 Å². The Morgan fingerprint density at radius 2 is 2.14 bits per heavy atom. The minimum atomic E-state index is -2.40. The Labute approximate surface area is 146 Å². The van der Waals surface area contributed by atoms with E-state index in [1.807, 2.05) is 23.1 Å². The molecule has 0 N–H and O–H groups in total. The Balaban J connectivity index is 2.13. The van der Waals surface area contributed by atoms with Gasteiger partial charge in [0.1, 0.15) is 4.70 Å². The van der Waals surface area contributed by atoms with Crippen LogP contribution in [0.25, 0.3) is 30.9 Å². The molecule has 0 aliphatic rings. The highest BCUT2D eigenvalue weighted by Crippen LogP contribution is 2.40. The summed E-state index contributed by atoms with van der Waals surface area (Å²) in [4.78, 5) is 4.56. The van der Waals surface area contributed by atoms with Gasteiger partial charge in [-0.25, -0.2) is 4.57 Å². The van der Waals surface area contributed by atoms with Crippen LogP contribution in [-0.4, -0.2) is 4.98 Å². The topological polar surface area (TPSA) is 16.8 Å². The van der Waals surface area contributed by atoms with E-state index < -0.39 is 13.7 Å². The van der Waals surface area contributed by atoms with Crippen LogP contribution in [0.2, 0.25) is 0 Å². The van der Waals surface area contributed by atoms with E-state index in [1.165, 1.54) is 6.07 Å². The zero-order valence-corrected chi connectivity index (χ0v) is 13.7. The van der Waals surface area contributed by atoms with Gasteiger partial charge in [0.05, 0.1) is 16.4 Å². The minimum Gasteiger partial charge on any atom is -0.231 e. The second-order valence-electron chi connectivity index (χ2n) is 5.29. The molecule has 4 rings (SSSR count). The first kappa shape index (κ1) is 8.75. The maximum Gasteiger partial charge on any atom is 0.287 e. The van der Waals surface area contributed by atoms with E-state index in [1.54, 1.807) is 42.0 Å². The summed E-state index contributed by atoms with van der Waals surface area (Å²) >= 11 is 3.20. The first-order chi connectivity index (χ1) is 13.0. The molecule has 22 heavy (non-hydrogen) atoms. The average Bonchev–Trinajstić information content (AvgIpc) is 3.14. The molecule has 0 unspecified atom stereocenters. The highest BCUT2D eigenvalue weighted by Gasteiger charge is 2.22. The zero-order chi connectivity index (χ0) is 20.4. The van der Waals surface area contributed by atoms with Crippen molar-refractivity contribution in [1.82, 2.24) is 4.98 Å². The van der Waals surface area contributed by atoms with Gasteiger partial charge in [0.2, 0.25) is 5.52 Å². The smallest absolute Gasteiger partial charge is 0.231 e. The van der Waals surface area contributed by atoms with Gasteiger partial charge >= 0.3 is 0 Å². The molecule has 0 bridgehead atoms. The van der Waals surface area contributed by atoms with Crippen LogP contribution in [0.15, 0.2) is 29.9 Å². The standard InChI is InChI=1S/C18H17N2S2/c1-10-7-11(2)12(3)13(8-10)16-18-15(19-9-20(16)4)17-14(22-18)5-6-21-17/h5-9H,1-4H3/q+1/i1D3,2D3. The fourth-order valence-corrected chi connectivity index (χ4v) is 5.08. The zero-order valence-electron chi connectivity index (χ0n) is 18.1. The summed E-state index contributed by atoms with van der Waals surface area (Å²) in [5, 5.41) is 2.02. The van der Waals surface area contributed by atoms with Crippen molar-refractivity contribution in [2.45, 2.75) is 20.6 Å². The molecule has 110 valence electrons. The summed E-state index contributed by atoms with van der Waals surface area (Å²) in [5.41, 5.74) is 2.92. The van der Waals surface area contributed by atoms with Gasteiger partial charge in [-0.3, -0.25) is 0 Å². The Hall–Kier alpha value is -1.78. The van der Waals surface area contributed by atoms with Crippen LogP contribution in [0.5, 0.6) is 0 Å². The van der Waals surface area contributed by atoms with Gasteiger partial charge in [-0.2, -0.15) is 0 Å². The molecule has 3 aromatic heterocycles. The van der Waals surface area contributed by atoms with E-state index in [0.29, 0.717) is 11.1 Å². The number of benzene rings is 1. The normalized spacial score (nSPS) is 16.8. The number of hydrogen-bond donors (Lipinski definition) is 0. The lowest BCUT2D eigenvalue weighted by Crippen LogP contribution is -2.31. The molecular weight excluding hydrogens is 308 g/mol. The van der Waals surface area contributed by atoms with Crippen molar-refractivity contribution < 1.29 is 12.8 Å². The lowest BCUT2D eigenvalue weighted by Gasteiger charge is -2.11. The molecule has 2 nitrogen and oxygen atoms in total. The van der Waals surface area contributed by atoms with Crippen LogP contribution in [0.3, 0.4) is 0 Å². The Bertz CT molecular complexity index is 1220. The summed E-state index contributed by atoms with van der Waals surface area (Å²) in [6, 6.07) is 4.93. The monoisotopic (exact) mass is 331 g/mol. The summed E-state index contributed by atoms with van der Waals surface area (Å²) in [7, 11) is 1.84. The number of thiophene rings is 2. The molecule has 0 aliphatic carbocycles. The predicted molar refractivity (Wildman–Crippen MR) is 95.8 cm³/mol. The average molecular weight is 332 g/mol. The third-order valence-corrected chi connectivity index (χ3v) is 6.06. The fourth-order valence-electron chi connectivity index (χ4n) is 2.72. The highest BCUT2D eigenvalue weighted by molar-refractivity contribution is 7.32. The van der Waals surface area contributed by atoms with Crippen LogP contribution in [0.1, 0.15) is 24.9 Å². The van der Waals surface area contributed by atoms with Crippen molar-refractivity contribution in [2.24, 2.45) is 7.05 Å². The van der Waals surface area contributed by atoms with E-state index in [2.05, 4.69) is 4.98 Å². The third kappa shape index (κ3) is 1.91. The second kappa shape index (κ2) is 4.86. The molecule has 0 radical (unpaired) electrons. The summed E-state index contributed by atoms with van der Waals surface area (Å²) in [6.45, 7) is -3.06. The molecule has 0 saturated carbocycles. The molecule has 4 heteroatoms. The Morgan fingerprint density at radius 1 is 1.23 bits per heavy atom. The largest absolute Gasteiger partial charge is 0.287 e. The van der Waals surface area contributed by atoms with Crippen molar-refractivity contribution in [1.29, 1.82) is 0 Å². The fraction of sp³-hybridized carbons (Fsp3) is 0.222. The predicted octanol–water partition coefficient (Wildman–Crippen LogP) is 4.93. The van der Waals surface area contributed by atoms with Gasteiger partial charge in [-0.15, -0.1) is 22.7 Å². The van der Waals surface area contributed by atoms with Gasteiger partial charge in [0, 0.05) is 13.8 Å². The van der Waals surface area contributed by atoms with Gasteiger partial charge < -0.3 is 0 Å². The van der Waals surface area contributed by atoms with Crippen molar-refractivity contribution in [2.75, 3.05) is 0 Å². The van der Waals surface area contributed by atoms with Crippen LogP contribution in [-0.2, 0) is 7.05 Å². The molecule has 0 fully saturated rings. The number of aromatic nitrogens is 2. The van der Waals surface area contributed by atoms with Crippen LogP contribution in [0, 0.1) is 20.6 Å². The first-order valence-electron chi connectivity index (χ1n) is 9.79. The maximum atomic E-state index is 7.89. The van der Waals surface area contributed by atoms with Crippen LogP contribution in [0.4, 0.5) is 0 Å². The lowest BCUT2D eigenvalue weighted by molar-refractivity contribution is -0.662. The van der Waals surface area contributed by atoms with Crippen molar-refractivity contribution >= 4 is 42.3 Å². The quantitative estimate of drug-likeness (QED) is 0.452. The molecule has 0 atom stereocenters. The maximum absolute atomic E-state index is 7.89. The third-order valence-electron chi connectivity index (χ3n) is 3.86. The molecule has 0 aliphatic heterocycles. The summed E-state index contributed by atoms with van der Waals surface area (Å²) < 4.78 is 52.1. The van der Waals surface area contributed by atoms with Gasteiger partial charge in [-0.05, 0) is 54.3 Å². The Kier molecular flexibility index (Phi) is 1.93. The van der Waals surface area contributed by atoms with E-state index in [9.17, 15) is 0 Å². The number of nitrogens with zero attached hydrogens (tertiary/aromatic N) is 2. The van der Waals surface area contributed by atoms with Crippen molar-refractivity contribution in [3.8, 4) is 11.3 Å². The molecule has 0 spiro atoms. The minimum absolute atomic E-state index is 0.0301. The first-order valence-corrected chi connectivity index (χ1v) is 8.48. The second-order valence-corrected chi connectivity index (χ2v) is 7.26. The van der Waals surface area contributed by atoms with E-state index in [4.69, 9.17) is 8.22 Å². The van der Waals surface area contributed by atoms with Gasteiger partial charge in [-0.1, -0.05) is 11.6 Å². The molecular formula is C18H17N2S2+. The number of rotatable bonds is 1.